The van der Waals surface area contributed by atoms with Gasteiger partial charge in [-0.1, -0.05) is 0 Å². The number of nitrogens with one attached hydrogen (secondary N) is 2. The van der Waals surface area contributed by atoms with Crippen LogP contribution in [-0.4, -0.2) is 40.5 Å². The number of ether oxygens (including phenoxy) is 3. The maximum absolute atomic E-state index is 13.2. The highest BCUT2D eigenvalue weighted by atomic mass is 19.1. The predicted octanol–water partition coefficient (Wildman–Crippen LogP) is 6.51. The average Bonchev–Trinajstić information content (AvgIpc) is 3.68. The summed E-state index contributed by atoms with van der Waals surface area (Å²) in [5.41, 5.74) is 0.872. The highest BCUT2D eigenvalue weighted by Crippen LogP contribution is 2.47. The van der Waals surface area contributed by atoms with Crippen LogP contribution in [0.4, 0.5) is 15.8 Å². The standard InChI is InChI=1S/C34H29FN4O7/c1-20(45-21(2)40)19-44-30-18-28-26(17-27(30)31-37-15-16-43-31)29(11-14-36-28)46-25-9-7-24(8-10-25)39-33(42)34(12-13-34)32(41)38-23-5-3-22(35)4-6-23/h3-11,14-18,20H,12-13,19H2,1-2H3,(H,38,41)(H,39,42). The molecule has 11 nitrogen and oxygen atoms in total. The molecule has 0 saturated heterocycles. The summed E-state index contributed by atoms with van der Waals surface area (Å²) in [5, 5.41) is 6.18. The van der Waals surface area contributed by atoms with Crippen molar-refractivity contribution < 1.29 is 37.4 Å². The van der Waals surface area contributed by atoms with Gasteiger partial charge < -0.3 is 29.3 Å². The molecule has 1 fully saturated rings. The summed E-state index contributed by atoms with van der Waals surface area (Å²) >= 11 is 0. The Kier molecular flexibility index (Phi) is 8.34. The number of rotatable bonds is 11. The Labute approximate surface area is 262 Å². The minimum Gasteiger partial charge on any atom is -0.489 e. The van der Waals surface area contributed by atoms with E-state index in [9.17, 15) is 18.8 Å². The summed E-state index contributed by atoms with van der Waals surface area (Å²) in [6.45, 7) is 3.17. The zero-order valence-electron chi connectivity index (χ0n) is 24.9. The van der Waals surface area contributed by atoms with Gasteiger partial charge in [0.1, 0.15) is 47.5 Å². The zero-order valence-corrected chi connectivity index (χ0v) is 24.9. The van der Waals surface area contributed by atoms with Crippen molar-refractivity contribution in [2.24, 2.45) is 5.41 Å². The van der Waals surface area contributed by atoms with Gasteiger partial charge in [0.05, 0.1) is 17.3 Å². The molecule has 0 spiro atoms. The normalized spacial score (nSPS) is 13.8. The Bertz CT molecular complexity index is 1890. The number of oxazole rings is 1. The number of carbonyl (C=O) groups excluding carboxylic acids is 3. The number of esters is 1. The Morgan fingerprint density at radius 3 is 2.20 bits per heavy atom. The van der Waals surface area contributed by atoms with E-state index in [2.05, 4.69) is 20.6 Å². The molecule has 2 aromatic heterocycles. The molecule has 6 rings (SSSR count). The first-order valence-electron chi connectivity index (χ1n) is 14.5. The smallest absolute Gasteiger partial charge is 0.303 e. The second kappa shape index (κ2) is 12.7. The lowest BCUT2D eigenvalue weighted by Gasteiger charge is -2.17. The molecule has 1 saturated carbocycles. The largest absolute Gasteiger partial charge is 0.489 e. The first-order chi connectivity index (χ1) is 22.2. The fourth-order valence-corrected chi connectivity index (χ4v) is 4.85. The molecule has 12 heteroatoms. The van der Waals surface area contributed by atoms with Crippen LogP contribution in [0.3, 0.4) is 0 Å². The average molecular weight is 625 g/mol. The summed E-state index contributed by atoms with van der Waals surface area (Å²) < 4.78 is 36.1. The van der Waals surface area contributed by atoms with Gasteiger partial charge in [0.15, 0.2) is 0 Å². The van der Waals surface area contributed by atoms with E-state index in [1.54, 1.807) is 55.6 Å². The molecule has 5 aromatic rings. The number of hydrogen-bond acceptors (Lipinski definition) is 9. The number of halogens is 1. The first-order valence-corrected chi connectivity index (χ1v) is 14.5. The lowest BCUT2D eigenvalue weighted by molar-refractivity contribution is -0.146. The fraction of sp³-hybridized carbons (Fsp3) is 0.206. The molecule has 2 heterocycles. The Morgan fingerprint density at radius 1 is 0.913 bits per heavy atom. The summed E-state index contributed by atoms with van der Waals surface area (Å²) in [6.07, 6.45) is 4.93. The van der Waals surface area contributed by atoms with Crippen molar-refractivity contribution in [2.75, 3.05) is 17.2 Å². The number of pyridine rings is 1. The van der Waals surface area contributed by atoms with Gasteiger partial charge in [-0.05, 0) is 80.4 Å². The van der Waals surface area contributed by atoms with Crippen LogP contribution < -0.4 is 20.1 Å². The highest BCUT2D eigenvalue weighted by Gasteiger charge is 2.56. The van der Waals surface area contributed by atoms with E-state index in [-0.39, 0.29) is 6.61 Å². The molecule has 234 valence electrons. The topological polar surface area (TPSA) is 142 Å². The number of fused-ring (bicyclic) bond motifs is 1. The van der Waals surface area contributed by atoms with Crippen LogP contribution in [0.15, 0.2) is 89.8 Å². The number of amides is 2. The second-order valence-corrected chi connectivity index (χ2v) is 10.9. The van der Waals surface area contributed by atoms with Crippen molar-refractivity contribution in [3.63, 3.8) is 0 Å². The van der Waals surface area contributed by atoms with Gasteiger partial charge in [-0.2, -0.15) is 0 Å². The molecule has 1 atom stereocenters. The fourth-order valence-electron chi connectivity index (χ4n) is 4.85. The van der Waals surface area contributed by atoms with Crippen LogP contribution >= 0.6 is 0 Å². The van der Waals surface area contributed by atoms with Crippen molar-refractivity contribution in [3.8, 4) is 28.7 Å². The quantitative estimate of drug-likeness (QED) is 0.124. The van der Waals surface area contributed by atoms with E-state index in [0.29, 0.717) is 63.8 Å². The van der Waals surface area contributed by atoms with Gasteiger partial charge in [-0.25, -0.2) is 9.37 Å². The highest BCUT2D eigenvalue weighted by molar-refractivity contribution is 6.16. The molecule has 1 unspecified atom stereocenters. The van der Waals surface area contributed by atoms with Crippen molar-refractivity contribution in [3.05, 3.63) is 91.2 Å². The van der Waals surface area contributed by atoms with Crippen molar-refractivity contribution in [1.82, 2.24) is 9.97 Å². The van der Waals surface area contributed by atoms with Crippen LogP contribution in [0, 0.1) is 11.2 Å². The summed E-state index contributed by atoms with van der Waals surface area (Å²) in [4.78, 5) is 46.0. The molecule has 2 N–H and O–H groups in total. The zero-order chi connectivity index (χ0) is 32.3. The van der Waals surface area contributed by atoms with Gasteiger partial charge >= 0.3 is 5.97 Å². The molecule has 46 heavy (non-hydrogen) atoms. The number of benzene rings is 3. The Balaban J connectivity index is 1.16. The number of carbonyl (C=O) groups is 3. The maximum Gasteiger partial charge on any atom is 0.303 e. The van der Waals surface area contributed by atoms with E-state index in [1.165, 1.54) is 43.6 Å². The van der Waals surface area contributed by atoms with Crippen LogP contribution in [0.1, 0.15) is 26.7 Å². The van der Waals surface area contributed by atoms with E-state index >= 15 is 0 Å². The van der Waals surface area contributed by atoms with E-state index < -0.39 is 35.1 Å². The molecule has 3 aromatic carbocycles. The molecule has 0 radical (unpaired) electrons. The third-order valence-electron chi connectivity index (χ3n) is 7.37. The van der Waals surface area contributed by atoms with Crippen LogP contribution in [0.25, 0.3) is 22.4 Å². The maximum atomic E-state index is 13.2. The minimum absolute atomic E-state index is 0.109. The summed E-state index contributed by atoms with van der Waals surface area (Å²) in [7, 11) is 0. The summed E-state index contributed by atoms with van der Waals surface area (Å²) in [5.74, 6) is 0.0975. The van der Waals surface area contributed by atoms with Crippen LogP contribution in [0.2, 0.25) is 0 Å². The Morgan fingerprint density at radius 2 is 1.59 bits per heavy atom. The van der Waals surface area contributed by atoms with Gasteiger partial charge in [0.2, 0.25) is 17.7 Å². The molecule has 0 aliphatic heterocycles. The molecule has 1 aliphatic carbocycles. The third kappa shape index (κ3) is 6.65. The first kappa shape index (κ1) is 30.3. The van der Waals surface area contributed by atoms with E-state index in [1.807, 2.05) is 0 Å². The summed E-state index contributed by atoms with van der Waals surface area (Å²) in [6, 6.07) is 17.4. The predicted molar refractivity (Wildman–Crippen MR) is 166 cm³/mol. The lowest BCUT2D eigenvalue weighted by Crippen LogP contribution is -2.35. The van der Waals surface area contributed by atoms with Gasteiger partial charge in [-0.15, -0.1) is 0 Å². The van der Waals surface area contributed by atoms with Gasteiger partial charge in [0.25, 0.3) is 0 Å². The van der Waals surface area contributed by atoms with E-state index in [0.717, 1.165) is 0 Å². The second-order valence-electron chi connectivity index (χ2n) is 10.9. The number of hydrogen-bond donors (Lipinski definition) is 2. The lowest BCUT2D eigenvalue weighted by atomic mass is 10.0. The van der Waals surface area contributed by atoms with Crippen molar-refractivity contribution in [2.45, 2.75) is 32.8 Å². The minimum atomic E-state index is -1.18. The van der Waals surface area contributed by atoms with Crippen molar-refractivity contribution in [1.29, 1.82) is 0 Å². The molecular formula is C34H29FN4O7. The number of nitrogens with zero attached hydrogens (tertiary/aromatic N) is 2. The molecule has 1 aliphatic rings. The Hall–Kier alpha value is -5.78. The molecular weight excluding hydrogens is 595 g/mol. The number of aromatic nitrogens is 2. The molecule has 0 bridgehead atoms. The van der Waals surface area contributed by atoms with E-state index in [4.69, 9.17) is 18.6 Å². The van der Waals surface area contributed by atoms with Gasteiger partial charge in [-0.3, -0.25) is 19.4 Å². The third-order valence-corrected chi connectivity index (χ3v) is 7.37. The monoisotopic (exact) mass is 624 g/mol. The number of anilines is 2. The van der Waals surface area contributed by atoms with Crippen LogP contribution in [-0.2, 0) is 19.1 Å². The van der Waals surface area contributed by atoms with Crippen molar-refractivity contribution >= 4 is 40.1 Å². The molecule has 2 amide bonds. The van der Waals surface area contributed by atoms with Crippen LogP contribution in [0.5, 0.6) is 17.2 Å². The van der Waals surface area contributed by atoms with Gasteiger partial charge in [0, 0.05) is 35.9 Å². The SMILES string of the molecule is CC(=O)OC(C)COc1cc2nccc(Oc3ccc(NC(=O)C4(C(=O)Nc5ccc(F)cc5)CC4)cc3)c2cc1-c1ncco1.